The van der Waals surface area contributed by atoms with Crippen molar-refractivity contribution in [2.45, 2.75) is 77.7 Å². The molecule has 0 unspecified atom stereocenters. The first kappa shape index (κ1) is 18.3. The predicted molar refractivity (Wildman–Crippen MR) is 104 cm³/mol. The molecule has 5 heteroatoms. The third-order valence-electron chi connectivity index (χ3n) is 5.38. The SMILES string of the molecule is CCCCc1nc(N)c2c(n1)C(CCCCCCN1CCCC1)=NC2. The number of hydrogen-bond donors (Lipinski definition) is 1. The van der Waals surface area contributed by atoms with E-state index in [1.807, 2.05) is 0 Å². The van der Waals surface area contributed by atoms with Crippen molar-refractivity contribution >= 4 is 11.5 Å². The van der Waals surface area contributed by atoms with Gasteiger partial charge in [0, 0.05) is 12.0 Å². The van der Waals surface area contributed by atoms with E-state index >= 15 is 0 Å². The Bertz CT molecular complexity index is 590. The molecule has 3 rings (SSSR count). The summed E-state index contributed by atoms with van der Waals surface area (Å²) in [7, 11) is 0. The molecule has 0 bridgehead atoms. The molecule has 0 amide bonds. The smallest absolute Gasteiger partial charge is 0.132 e. The quantitative estimate of drug-likeness (QED) is 0.657. The first-order valence-corrected chi connectivity index (χ1v) is 10.2. The number of aryl methyl sites for hydroxylation is 1. The summed E-state index contributed by atoms with van der Waals surface area (Å²) in [5.41, 5.74) is 9.37. The van der Waals surface area contributed by atoms with Gasteiger partial charge in [0.05, 0.1) is 18.0 Å². The van der Waals surface area contributed by atoms with Crippen LogP contribution in [0.15, 0.2) is 4.99 Å². The summed E-state index contributed by atoms with van der Waals surface area (Å²) in [5, 5.41) is 0. The van der Waals surface area contributed by atoms with E-state index in [0.717, 1.165) is 48.5 Å². The molecule has 1 aromatic heterocycles. The van der Waals surface area contributed by atoms with Gasteiger partial charge in [-0.2, -0.15) is 0 Å². The van der Waals surface area contributed by atoms with Gasteiger partial charge >= 0.3 is 0 Å². The number of likely N-dealkylation sites (tertiary alicyclic amines) is 1. The van der Waals surface area contributed by atoms with E-state index in [1.54, 1.807) is 0 Å². The number of nitrogens with two attached hydrogens (primary N) is 1. The lowest BCUT2D eigenvalue weighted by Gasteiger charge is -2.13. The van der Waals surface area contributed by atoms with Gasteiger partial charge in [0.15, 0.2) is 0 Å². The first-order chi connectivity index (χ1) is 12.3. The Kier molecular flexibility index (Phi) is 6.79. The molecular weight excluding hydrogens is 310 g/mol. The molecular formula is C20H33N5. The largest absolute Gasteiger partial charge is 0.383 e. The second-order valence-electron chi connectivity index (χ2n) is 7.43. The Morgan fingerprint density at radius 2 is 1.76 bits per heavy atom. The van der Waals surface area contributed by atoms with Gasteiger partial charge in [-0.1, -0.05) is 26.2 Å². The second-order valence-corrected chi connectivity index (χ2v) is 7.43. The molecule has 5 nitrogen and oxygen atoms in total. The van der Waals surface area contributed by atoms with Crippen LogP contribution in [0.4, 0.5) is 5.82 Å². The van der Waals surface area contributed by atoms with Crippen LogP contribution in [0, 0.1) is 0 Å². The first-order valence-electron chi connectivity index (χ1n) is 10.2. The van der Waals surface area contributed by atoms with Crippen LogP contribution >= 0.6 is 0 Å². The maximum Gasteiger partial charge on any atom is 0.132 e. The summed E-state index contributed by atoms with van der Waals surface area (Å²) in [6.07, 6.45) is 12.1. The van der Waals surface area contributed by atoms with Crippen molar-refractivity contribution in [2.24, 2.45) is 4.99 Å². The van der Waals surface area contributed by atoms with E-state index in [0.29, 0.717) is 12.4 Å². The van der Waals surface area contributed by atoms with Gasteiger partial charge in [-0.3, -0.25) is 4.99 Å². The molecule has 25 heavy (non-hydrogen) atoms. The number of fused-ring (bicyclic) bond motifs is 1. The topological polar surface area (TPSA) is 67.4 Å². The standard InChI is InChI=1S/C20H33N5/c1-2-3-11-18-23-19-16(20(21)24-18)15-22-17(19)10-6-4-5-7-12-25-13-8-9-14-25/h2-15H2,1H3,(H2,21,23,24). The lowest BCUT2D eigenvalue weighted by molar-refractivity contribution is 0.328. The Hall–Kier alpha value is -1.49. The number of nitrogen functional groups attached to an aromatic ring is 1. The highest BCUT2D eigenvalue weighted by atomic mass is 15.1. The van der Waals surface area contributed by atoms with Gasteiger partial charge in [0.1, 0.15) is 11.6 Å². The van der Waals surface area contributed by atoms with Crippen LogP contribution in [0.3, 0.4) is 0 Å². The van der Waals surface area contributed by atoms with Crippen molar-refractivity contribution in [1.82, 2.24) is 14.9 Å². The molecule has 0 atom stereocenters. The van der Waals surface area contributed by atoms with E-state index in [4.69, 9.17) is 15.7 Å². The maximum absolute atomic E-state index is 6.13. The van der Waals surface area contributed by atoms with E-state index in [-0.39, 0.29) is 0 Å². The summed E-state index contributed by atoms with van der Waals surface area (Å²) in [6, 6.07) is 0. The van der Waals surface area contributed by atoms with Gasteiger partial charge in [-0.05, 0) is 58.2 Å². The molecule has 138 valence electrons. The molecule has 0 aliphatic carbocycles. The van der Waals surface area contributed by atoms with Crippen LogP contribution in [-0.4, -0.2) is 40.2 Å². The number of hydrogen-bond acceptors (Lipinski definition) is 5. The van der Waals surface area contributed by atoms with Crippen molar-refractivity contribution in [3.05, 3.63) is 17.1 Å². The Morgan fingerprint density at radius 1 is 0.960 bits per heavy atom. The highest BCUT2D eigenvalue weighted by molar-refractivity contribution is 6.02. The average molecular weight is 344 g/mol. The molecule has 2 aliphatic rings. The van der Waals surface area contributed by atoms with Crippen molar-refractivity contribution in [3.63, 3.8) is 0 Å². The zero-order valence-corrected chi connectivity index (χ0v) is 15.8. The fraction of sp³-hybridized carbons (Fsp3) is 0.750. The highest BCUT2D eigenvalue weighted by Gasteiger charge is 2.21. The third kappa shape index (κ3) is 5.00. The van der Waals surface area contributed by atoms with Crippen LogP contribution < -0.4 is 5.73 Å². The van der Waals surface area contributed by atoms with E-state index in [1.165, 1.54) is 58.2 Å². The fourth-order valence-corrected chi connectivity index (χ4v) is 3.83. The Labute approximate surface area is 152 Å². The number of nitrogens with zero attached hydrogens (tertiary/aromatic N) is 4. The summed E-state index contributed by atoms with van der Waals surface area (Å²) in [6.45, 7) is 6.77. The van der Waals surface area contributed by atoms with Gasteiger partial charge in [0.2, 0.25) is 0 Å². The van der Waals surface area contributed by atoms with Gasteiger partial charge in [-0.25, -0.2) is 9.97 Å². The summed E-state index contributed by atoms with van der Waals surface area (Å²) in [4.78, 5) is 16.5. The minimum Gasteiger partial charge on any atom is -0.383 e. The van der Waals surface area contributed by atoms with Crippen LogP contribution in [-0.2, 0) is 13.0 Å². The fourth-order valence-electron chi connectivity index (χ4n) is 3.83. The Balaban J connectivity index is 1.43. The zero-order valence-electron chi connectivity index (χ0n) is 15.8. The molecule has 0 saturated carbocycles. The normalized spacial score (nSPS) is 17.1. The van der Waals surface area contributed by atoms with Crippen molar-refractivity contribution < 1.29 is 0 Å². The van der Waals surface area contributed by atoms with Crippen molar-refractivity contribution in [2.75, 3.05) is 25.4 Å². The molecule has 3 heterocycles. The minimum absolute atomic E-state index is 0.639. The van der Waals surface area contributed by atoms with Gasteiger partial charge < -0.3 is 10.6 Å². The molecule has 1 aromatic rings. The highest BCUT2D eigenvalue weighted by Crippen LogP contribution is 2.25. The minimum atomic E-state index is 0.639. The predicted octanol–water partition coefficient (Wildman–Crippen LogP) is 3.75. The molecule has 2 aliphatic heterocycles. The number of anilines is 1. The monoisotopic (exact) mass is 343 g/mol. The molecule has 2 N–H and O–H groups in total. The lowest BCUT2D eigenvalue weighted by atomic mass is 10.1. The third-order valence-corrected chi connectivity index (χ3v) is 5.38. The molecule has 0 spiro atoms. The summed E-state index contributed by atoms with van der Waals surface area (Å²) < 4.78 is 0. The van der Waals surface area contributed by atoms with Gasteiger partial charge in [-0.15, -0.1) is 0 Å². The van der Waals surface area contributed by atoms with Crippen LogP contribution in [0.2, 0.25) is 0 Å². The maximum atomic E-state index is 6.13. The summed E-state index contributed by atoms with van der Waals surface area (Å²) >= 11 is 0. The van der Waals surface area contributed by atoms with E-state index < -0.39 is 0 Å². The Morgan fingerprint density at radius 3 is 2.56 bits per heavy atom. The second kappa shape index (κ2) is 9.27. The van der Waals surface area contributed by atoms with E-state index in [2.05, 4.69) is 16.8 Å². The number of aliphatic imine (C=N–C) groups is 1. The molecule has 0 radical (unpaired) electrons. The van der Waals surface area contributed by atoms with Crippen molar-refractivity contribution in [3.8, 4) is 0 Å². The van der Waals surface area contributed by atoms with Crippen LogP contribution in [0.5, 0.6) is 0 Å². The van der Waals surface area contributed by atoms with Crippen LogP contribution in [0.25, 0.3) is 0 Å². The van der Waals surface area contributed by atoms with Gasteiger partial charge in [0.25, 0.3) is 0 Å². The molecule has 1 saturated heterocycles. The zero-order chi connectivity index (χ0) is 17.5. The number of rotatable bonds is 10. The number of aromatic nitrogens is 2. The molecule has 0 aromatic carbocycles. The van der Waals surface area contributed by atoms with Crippen LogP contribution in [0.1, 0.15) is 81.8 Å². The lowest BCUT2D eigenvalue weighted by Crippen LogP contribution is -2.20. The number of unbranched alkanes of at least 4 members (excludes halogenated alkanes) is 4. The average Bonchev–Trinajstić information content (AvgIpc) is 3.26. The summed E-state index contributed by atoms with van der Waals surface area (Å²) in [5.74, 6) is 1.53. The molecule has 1 fully saturated rings. The van der Waals surface area contributed by atoms with E-state index in [9.17, 15) is 0 Å². The van der Waals surface area contributed by atoms with Crippen molar-refractivity contribution in [1.29, 1.82) is 0 Å².